The number of halogens is 2. The van der Waals surface area contributed by atoms with Gasteiger partial charge < -0.3 is 4.74 Å². The van der Waals surface area contributed by atoms with Gasteiger partial charge >= 0.3 is 0 Å². The lowest BCUT2D eigenvalue weighted by molar-refractivity contribution is -0.120. The molecule has 0 saturated carbocycles. The number of benzene rings is 2. The molecule has 2 aromatic carbocycles. The number of carbonyl (C=O) groups excluding carboxylic acids is 1. The Morgan fingerprint density at radius 3 is 2.58 bits per heavy atom. The Balaban J connectivity index is 1.76. The number of pyridine rings is 1. The van der Waals surface area contributed by atoms with E-state index in [1.54, 1.807) is 60.8 Å². The third kappa shape index (κ3) is 4.80. The first-order valence-electron chi connectivity index (χ1n) is 7.96. The van der Waals surface area contributed by atoms with Crippen LogP contribution in [0.5, 0.6) is 5.75 Å². The van der Waals surface area contributed by atoms with Crippen LogP contribution in [0.1, 0.15) is 5.56 Å². The number of nitrogens with zero attached hydrogens (tertiary/aromatic N) is 2. The number of hydrogen-bond acceptors (Lipinski definition) is 3. The smallest absolute Gasteiger partial charge is 0.266 e. The standard InChI is InChI=1S/C20H16ClFN2O2/c21-16-7-9-18(10-8-16)26-14-20(25)24(19-6-1-2-11-23-19)13-15-4-3-5-17(22)12-15/h1-12H,13-14H2. The Bertz CT molecular complexity index is 872. The van der Waals surface area contributed by atoms with Gasteiger partial charge in [-0.15, -0.1) is 0 Å². The maximum atomic E-state index is 13.5. The fourth-order valence-electron chi connectivity index (χ4n) is 2.38. The van der Waals surface area contributed by atoms with Crippen LogP contribution in [-0.2, 0) is 11.3 Å². The second-order valence-corrected chi connectivity index (χ2v) is 5.98. The number of rotatable bonds is 6. The largest absolute Gasteiger partial charge is 0.484 e. The molecule has 132 valence electrons. The van der Waals surface area contributed by atoms with Crippen molar-refractivity contribution >= 4 is 23.3 Å². The minimum atomic E-state index is -0.353. The van der Waals surface area contributed by atoms with Crippen LogP contribution in [0, 0.1) is 5.82 Å². The van der Waals surface area contributed by atoms with Gasteiger partial charge in [0.05, 0.1) is 6.54 Å². The third-order valence-electron chi connectivity index (χ3n) is 3.63. The molecule has 0 aliphatic carbocycles. The zero-order valence-electron chi connectivity index (χ0n) is 13.8. The van der Waals surface area contributed by atoms with Gasteiger partial charge in [0.25, 0.3) is 5.91 Å². The number of ether oxygens (including phenoxy) is 1. The van der Waals surface area contributed by atoms with E-state index in [0.29, 0.717) is 22.2 Å². The van der Waals surface area contributed by atoms with E-state index in [-0.39, 0.29) is 24.9 Å². The fraction of sp³-hybridized carbons (Fsp3) is 0.100. The zero-order valence-corrected chi connectivity index (χ0v) is 14.6. The van der Waals surface area contributed by atoms with E-state index in [1.807, 2.05) is 0 Å². The van der Waals surface area contributed by atoms with E-state index >= 15 is 0 Å². The molecule has 0 N–H and O–H groups in total. The molecule has 0 saturated heterocycles. The highest BCUT2D eigenvalue weighted by molar-refractivity contribution is 6.30. The summed E-state index contributed by atoms with van der Waals surface area (Å²) in [5.41, 5.74) is 0.662. The topological polar surface area (TPSA) is 42.4 Å². The Kier molecular flexibility index (Phi) is 5.81. The van der Waals surface area contributed by atoms with Gasteiger partial charge in [0.1, 0.15) is 17.4 Å². The Hall–Kier alpha value is -2.92. The molecule has 0 radical (unpaired) electrons. The predicted octanol–water partition coefficient (Wildman–Crippen LogP) is 4.49. The molecule has 1 amide bonds. The highest BCUT2D eigenvalue weighted by Gasteiger charge is 2.18. The molecule has 3 aromatic rings. The first-order valence-corrected chi connectivity index (χ1v) is 8.34. The van der Waals surface area contributed by atoms with Gasteiger partial charge in [-0.1, -0.05) is 29.8 Å². The first-order chi connectivity index (χ1) is 12.6. The average Bonchev–Trinajstić information content (AvgIpc) is 2.66. The summed E-state index contributed by atoms with van der Waals surface area (Å²) in [6, 6.07) is 18.1. The van der Waals surface area contributed by atoms with Crippen molar-refractivity contribution in [1.29, 1.82) is 0 Å². The second kappa shape index (κ2) is 8.45. The fourth-order valence-corrected chi connectivity index (χ4v) is 2.51. The monoisotopic (exact) mass is 370 g/mol. The molecular formula is C20H16ClFN2O2. The molecule has 26 heavy (non-hydrogen) atoms. The van der Waals surface area contributed by atoms with Gasteiger partial charge in [0, 0.05) is 11.2 Å². The summed E-state index contributed by atoms with van der Waals surface area (Å²) in [6.07, 6.45) is 1.60. The Morgan fingerprint density at radius 2 is 1.88 bits per heavy atom. The molecule has 1 aromatic heterocycles. The average molecular weight is 371 g/mol. The number of amides is 1. The van der Waals surface area contributed by atoms with Crippen molar-refractivity contribution in [2.24, 2.45) is 0 Å². The summed E-state index contributed by atoms with van der Waals surface area (Å²) in [6.45, 7) is 0.0190. The highest BCUT2D eigenvalue weighted by atomic mass is 35.5. The Labute approximate surface area is 155 Å². The molecule has 0 fully saturated rings. The van der Waals surface area contributed by atoms with Crippen LogP contribution in [0.2, 0.25) is 5.02 Å². The maximum absolute atomic E-state index is 13.5. The number of anilines is 1. The van der Waals surface area contributed by atoms with Gasteiger partial charge in [0.15, 0.2) is 6.61 Å². The summed E-state index contributed by atoms with van der Waals surface area (Å²) >= 11 is 5.84. The third-order valence-corrected chi connectivity index (χ3v) is 3.88. The maximum Gasteiger partial charge on any atom is 0.266 e. The molecule has 1 heterocycles. The number of hydrogen-bond donors (Lipinski definition) is 0. The molecule has 0 aliphatic heterocycles. The molecule has 0 aliphatic rings. The lowest BCUT2D eigenvalue weighted by atomic mass is 10.2. The van der Waals surface area contributed by atoms with Gasteiger partial charge in [-0.2, -0.15) is 0 Å². The second-order valence-electron chi connectivity index (χ2n) is 5.54. The van der Waals surface area contributed by atoms with E-state index in [1.165, 1.54) is 17.0 Å². The summed E-state index contributed by atoms with van der Waals surface area (Å²) < 4.78 is 19.0. The zero-order chi connectivity index (χ0) is 18.4. The van der Waals surface area contributed by atoms with E-state index in [4.69, 9.17) is 16.3 Å². The van der Waals surface area contributed by atoms with Crippen molar-refractivity contribution in [3.63, 3.8) is 0 Å². The Morgan fingerprint density at radius 1 is 1.08 bits per heavy atom. The molecular weight excluding hydrogens is 355 g/mol. The molecule has 4 nitrogen and oxygen atoms in total. The molecule has 0 bridgehead atoms. The van der Waals surface area contributed by atoms with Crippen molar-refractivity contribution in [3.05, 3.63) is 89.3 Å². The predicted molar refractivity (Wildman–Crippen MR) is 98.8 cm³/mol. The lowest BCUT2D eigenvalue weighted by Crippen LogP contribution is -2.35. The van der Waals surface area contributed by atoms with Crippen LogP contribution in [0.15, 0.2) is 72.9 Å². The van der Waals surface area contributed by atoms with Crippen LogP contribution < -0.4 is 9.64 Å². The van der Waals surface area contributed by atoms with Gasteiger partial charge in [-0.3, -0.25) is 9.69 Å². The molecule has 0 atom stereocenters. The minimum absolute atomic E-state index is 0.173. The van der Waals surface area contributed by atoms with Crippen molar-refractivity contribution in [1.82, 2.24) is 4.98 Å². The van der Waals surface area contributed by atoms with Gasteiger partial charge in [0.2, 0.25) is 0 Å². The SMILES string of the molecule is O=C(COc1ccc(Cl)cc1)N(Cc1cccc(F)c1)c1ccccn1. The van der Waals surface area contributed by atoms with Crippen LogP contribution in [0.3, 0.4) is 0 Å². The van der Waals surface area contributed by atoms with E-state index < -0.39 is 0 Å². The van der Waals surface area contributed by atoms with Crippen molar-refractivity contribution in [3.8, 4) is 5.75 Å². The summed E-state index contributed by atoms with van der Waals surface area (Å²) in [5, 5.41) is 0.588. The van der Waals surface area contributed by atoms with E-state index in [2.05, 4.69) is 4.98 Å². The van der Waals surface area contributed by atoms with Crippen LogP contribution >= 0.6 is 11.6 Å². The van der Waals surface area contributed by atoms with E-state index in [9.17, 15) is 9.18 Å². The summed E-state index contributed by atoms with van der Waals surface area (Å²) in [7, 11) is 0. The quantitative estimate of drug-likeness (QED) is 0.642. The highest BCUT2D eigenvalue weighted by Crippen LogP contribution is 2.18. The first kappa shape index (κ1) is 17.9. The van der Waals surface area contributed by atoms with Gasteiger partial charge in [-0.25, -0.2) is 9.37 Å². The van der Waals surface area contributed by atoms with Crippen molar-refractivity contribution in [2.75, 3.05) is 11.5 Å². The summed E-state index contributed by atoms with van der Waals surface area (Å²) in [5.74, 6) is 0.368. The van der Waals surface area contributed by atoms with Crippen molar-refractivity contribution < 1.29 is 13.9 Å². The number of carbonyl (C=O) groups is 1. The molecule has 0 spiro atoms. The molecule has 3 rings (SSSR count). The molecule has 0 unspecified atom stereocenters. The summed E-state index contributed by atoms with van der Waals surface area (Å²) in [4.78, 5) is 18.4. The lowest BCUT2D eigenvalue weighted by Gasteiger charge is -2.22. The minimum Gasteiger partial charge on any atom is -0.484 e. The number of aromatic nitrogens is 1. The van der Waals surface area contributed by atoms with Gasteiger partial charge in [-0.05, 0) is 54.1 Å². The van der Waals surface area contributed by atoms with Crippen LogP contribution in [-0.4, -0.2) is 17.5 Å². The van der Waals surface area contributed by atoms with Crippen LogP contribution in [0.4, 0.5) is 10.2 Å². The normalized spacial score (nSPS) is 10.4. The van der Waals surface area contributed by atoms with Crippen LogP contribution in [0.25, 0.3) is 0 Å². The van der Waals surface area contributed by atoms with Crippen molar-refractivity contribution in [2.45, 2.75) is 6.54 Å². The van der Waals surface area contributed by atoms with E-state index in [0.717, 1.165) is 0 Å². The molecule has 6 heteroatoms.